The Morgan fingerprint density at radius 2 is 1.70 bits per heavy atom. The molecule has 33 heavy (non-hydrogen) atoms. The molecule has 1 fully saturated rings. The Labute approximate surface area is 192 Å². The zero-order valence-electron chi connectivity index (χ0n) is 18.7. The van der Waals surface area contributed by atoms with Crippen LogP contribution in [0.25, 0.3) is 0 Å². The average molecular weight is 483 g/mol. The fourth-order valence-electron chi connectivity index (χ4n) is 3.47. The molecule has 3 rings (SSSR count). The van der Waals surface area contributed by atoms with Crippen LogP contribution in [0.15, 0.2) is 35.2 Å². The molecule has 9 nitrogen and oxygen atoms in total. The van der Waals surface area contributed by atoms with Crippen molar-refractivity contribution >= 4 is 21.6 Å². The lowest BCUT2D eigenvalue weighted by atomic mass is 10.1. The summed E-state index contributed by atoms with van der Waals surface area (Å²) in [4.78, 5) is 12.0. The second kappa shape index (κ2) is 10.8. The molecule has 1 aliphatic heterocycles. The summed E-state index contributed by atoms with van der Waals surface area (Å²) < 4.78 is 62.2. The lowest BCUT2D eigenvalue weighted by Crippen LogP contribution is -2.40. The number of nitrogens with one attached hydrogen (secondary N) is 1. The van der Waals surface area contributed by atoms with E-state index in [0.717, 1.165) is 17.7 Å². The molecule has 11 heteroatoms. The van der Waals surface area contributed by atoms with Gasteiger partial charge in [0.25, 0.3) is 0 Å². The maximum Gasteiger partial charge on any atom is 0.246 e. The van der Waals surface area contributed by atoms with Crippen molar-refractivity contribution in [3.05, 3.63) is 41.7 Å². The van der Waals surface area contributed by atoms with E-state index in [0.29, 0.717) is 23.7 Å². The van der Waals surface area contributed by atoms with Gasteiger partial charge in [0.2, 0.25) is 21.7 Å². The minimum absolute atomic E-state index is 0.0988. The van der Waals surface area contributed by atoms with Crippen LogP contribution in [-0.2, 0) is 26.0 Å². The normalized spacial score (nSPS) is 14.5. The third-order valence-electron chi connectivity index (χ3n) is 5.17. The first-order chi connectivity index (χ1) is 15.8. The Hall–Kier alpha value is -2.89. The number of morpholine rings is 1. The molecule has 0 bridgehead atoms. The van der Waals surface area contributed by atoms with Crippen LogP contribution in [0, 0.1) is 5.82 Å². The standard InChI is InChI=1S/C22H27FN2O7S/c1-29-18-12-15(13-19(30-2)22(18)31-3)4-7-21(26)24-16-5-6-17(23)20(14-16)33(27,28)25-8-10-32-11-9-25/h5-6,12-14H,4,7-11H2,1-3H3,(H,24,26). The lowest BCUT2D eigenvalue weighted by Gasteiger charge is -2.26. The van der Waals surface area contributed by atoms with Gasteiger partial charge in [-0.3, -0.25) is 4.79 Å². The number of rotatable bonds is 9. The van der Waals surface area contributed by atoms with Gasteiger partial charge in [-0.25, -0.2) is 12.8 Å². The minimum Gasteiger partial charge on any atom is -0.493 e. The number of halogens is 1. The van der Waals surface area contributed by atoms with Gasteiger partial charge in [-0.05, 0) is 42.3 Å². The molecule has 0 aliphatic carbocycles. The number of aryl methyl sites for hydroxylation is 1. The van der Waals surface area contributed by atoms with E-state index >= 15 is 0 Å². The van der Waals surface area contributed by atoms with Gasteiger partial charge in [-0.1, -0.05) is 0 Å². The summed E-state index contributed by atoms with van der Waals surface area (Å²) in [7, 11) is 0.472. The van der Waals surface area contributed by atoms with Gasteiger partial charge in [-0.2, -0.15) is 4.31 Å². The molecule has 0 aromatic heterocycles. The Morgan fingerprint density at radius 3 is 2.27 bits per heavy atom. The predicted octanol–water partition coefficient (Wildman–Crippen LogP) is 2.44. The Bertz CT molecular complexity index is 1080. The number of nitrogens with zero attached hydrogens (tertiary/aromatic N) is 1. The topological polar surface area (TPSA) is 103 Å². The van der Waals surface area contributed by atoms with E-state index in [9.17, 15) is 17.6 Å². The third-order valence-corrected chi connectivity index (χ3v) is 7.08. The molecule has 1 N–H and O–H groups in total. The second-order valence-electron chi connectivity index (χ2n) is 7.24. The first kappa shape index (κ1) is 24.7. The smallest absolute Gasteiger partial charge is 0.246 e. The number of methoxy groups -OCH3 is 3. The number of carbonyl (C=O) groups excluding carboxylic acids is 1. The van der Waals surface area contributed by atoms with Gasteiger partial charge in [0, 0.05) is 25.2 Å². The number of carbonyl (C=O) groups is 1. The summed E-state index contributed by atoms with van der Waals surface area (Å²) in [6.07, 6.45) is 0.463. The minimum atomic E-state index is -4.04. The SMILES string of the molecule is COc1cc(CCC(=O)Nc2ccc(F)c(S(=O)(=O)N3CCOCC3)c2)cc(OC)c1OC. The molecule has 0 saturated carbocycles. The molecule has 180 valence electrons. The summed E-state index contributed by atoms with van der Waals surface area (Å²) in [5.74, 6) is 0.169. The fourth-order valence-corrected chi connectivity index (χ4v) is 4.96. The molecule has 2 aromatic rings. The van der Waals surface area contributed by atoms with Crippen molar-refractivity contribution in [2.75, 3.05) is 52.9 Å². The Kier molecular flexibility index (Phi) is 8.11. The molecule has 0 radical (unpaired) electrons. The molecule has 2 aromatic carbocycles. The van der Waals surface area contributed by atoms with Crippen molar-refractivity contribution in [1.82, 2.24) is 4.31 Å². The van der Waals surface area contributed by atoms with Gasteiger partial charge in [-0.15, -0.1) is 0 Å². The molecule has 1 amide bonds. The van der Waals surface area contributed by atoms with E-state index < -0.39 is 20.7 Å². The summed E-state index contributed by atoms with van der Waals surface area (Å²) in [5, 5.41) is 2.63. The highest BCUT2D eigenvalue weighted by molar-refractivity contribution is 7.89. The molecule has 0 unspecified atom stereocenters. The second-order valence-corrected chi connectivity index (χ2v) is 9.15. The number of amides is 1. The zero-order valence-corrected chi connectivity index (χ0v) is 19.5. The van der Waals surface area contributed by atoms with E-state index in [4.69, 9.17) is 18.9 Å². The monoisotopic (exact) mass is 482 g/mol. The zero-order chi connectivity index (χ0) is 24.0. The molecule has 1 aliphatic rings. The number of hydrogen-bond donors (Lipinski definition) is 1. The number of hydrogen-bond acceptors (Lipinski definition) is 7. The predicted molar refractivity (Wildman–Crippen MR) is 119 cm³/mol. The third kappa shape index (κ3) is 5.73. The first-order valence-electron chi connectivity index (χ1n) is 10.3. The molecular formula is C22H27FN2O7S. The van der Waals surface area contributed by atoms with Crippen LogP contribution < -0.4 is 19.5 Å². The van der Waals surface area contributed by atoms with E-state index in [2.05, 4.69) is 5.32 Å². The van der Waals surface area contributed by atoms with Gasteiger partial charge in [0.1, 0.15) is 10.7 Å². The molecular weight excluding hydrogens is 455 g/mol. The van der Waals surface area contributed by atoms with Crippen LogP contribution in [0.2, 0.25) is 0 Å². The molecule has 1 heterocycles. The summed E-state index contributed by atoms with van der Waals surface area (Å²) >= 11 is 0. The van der Waals surface area contributed by atoms with Crippen LogP contribution >= 0.6 is 0 Å². The van der Waals surface area contributed by atoms with Crippen LogP contribution in [0.3, 0.4) is 0 Å². The lowest BCUT2D eigenvalue weighted by molar-refractivity contribution is -0.116. The number of benzene rings is 2. The number of ether oxygens (including phenoxy) is 4. The summed E-state index contributed by atoms with van der Waals surface area (Å²) in [5.41, 5.74) is 0.979. The highest BCUT2D eigenvalue weighted by Crippen LogP contribution is 2.38. The van der Waals surface area contributed by atoms with Crippen LogP contribution in [0.1, 0.15) is 12.0 Å². The van der Waals surface area contributed by atoms with Crippen LogP contribution in [0.5, 0.6) is 17.2 Å². The number of sulfonamides is 1. The molecule has 0 spiro atoms. The van der Waals surface area contributed by atoms with E-state index in [1.807, 2.05) is 0 Å². The average Bonchev–Trinajstić information content (AvgIpc) is 2.83. The van der Waals surface area contributed by atoms with E-state index in [-0.39, 0.29) is 44.3 Å². The summed E-state index contributed by atoms with van der Waals surface area (Å²) in [6, 6.07) is 6.99. The van der Waals surface area contributed by atoms with Gasteiger partial charge in [0.05, 0.1) is 34.5 Å². The van der Waals surface area contributed by atoms with Crippen LogP contribution in [-0.4, -0.2) is 66.3 Å². The van der Waals surface area contributed by atoms with Crippen LogP contribution in [0.4, 0.5) is 10.1 Å². The van der Waals surface area contributed by atoms with Crippen molar-refractivity contribution in [2.45, 2.75) is 17.7 Å². The maximum absolute atomic E-state index is 14.3. The molecule has 0 atom stereocenters. The van der Waals surface area contributed by atoms with Crippen molar-refractivity contribution in [2.24, 2.45) is 0 Å². The van der Waals surface area contributed by atoms with Crippen molar-refractivity contribution in [3.8, 4) is 17.2 Å². The van der Waals surface area contributed by atoms with Crippen molar-refractivity contribution in [3.63, 3.8) is 0 Å². The highest BCUT2D eigenvalue weighted by Gasteiger charge is 2.29. The van der Waals surface area contributed by atoms with Crippen molar-refractivity contribution in [1.29, 1.82) is 0 Å². The van der Waals surface area contributed by atoms with Gasteiger partial charge < -0.3 is 24.3 Å². The quantitative estimate of drug-likeness (QED) is 0.586. The highest BCUT2D eigenvalue weighted by atomic mass is 32.2. The number of anilines is 1. The first-order valence-corrected chi connectivity index (χ1v) is 11.7. The fraction of sp³-hybridized carbons (Fsp3) is 0.409. The van der Waals surface area contributed by atoms with E-state index in [1.165, 1.54) is 31.7 Å². The largest absolute Gasteiger partial charge is 0.493 e. The van der Waals surface area contributed by atoms with E-state index in [1.54, 1.807) is 12.1 Å². The van der Waals surface area contributed by atoms with Gasteiger partial charge in [0.15, 0.2) is 11.5 Å². The Balaban J connectivity index is 1.71. The molecule has 1 saturated heterocycles. The Morgan fingerprint density at radius 1 is 1.06 bits per heavy atom. The maximum atomic E-state index is 14.3. The summed E-state index contributed by atoms with van der Waals surface area (Å²) in [6.45, 7) is 0.788. The van der Waals surface area contributed by atoms with Gasteiger partial charge >= 0.3 is 0 Å². The van der Waals surface area contributed by atoms with Crippen molar-refractivity contribution < 1.29 is 36.6 Å².